The van der Waals surface area contributed by atoms with Gasteiger partial charge in [0.2, 0.25) is 5.91 Å². The summed E-state index contributed by atoms with van der Waals surface area (Å²) >= 11 is 0. The molecule has 6 rings (SSSR count). The quantitative estimate of drug-likeness (QED) is 0.677. The van der Waals surface area contributed by atoms with Gasteiger partial charge >= 0.3 is 0 Å². The van der Waals surface area contributed by atoms with Crippen LogP contribution in [0.4, 0.5) is 0 Å². The maximum Gasteiger partial charge on any atom is 0.223 e. The minimum atomic E-state index is 0.261. The van der Waals surface area contributed by atoms with Gasteiger partial charge in [-0.3, -0.25) is 14.7 Å². The lowest BCUT2D eigenvalue weighted by Crippen LogP contribution is -2.56. The predicted octanol–water partition coefficient (Wildman–Crippen LogP) is 4.15. The van der Waals surface area contributed by atoms with E-state index >= 15 is 0 Å². The Labute approximate surface area is 191 Å². The van der Waals surface area contributed by atoms with Gasteiger partial charge in [0.15, 0.2) is 5.82 Å². The van der Waals surface area contributed by atoms with Crippen molar-refractivity contribution >= 4 is 5.91 Å². The lowest BCUT2D eigenvalue weighted by atomic mass is 9.74. The first kappa shape index (κ1) is 21.5. The van der Waals surface area contributed by atoms with Crippen molar-refractivity contribution in [3.8, 4) is 11.4 Å². The maximum absolute atomic E-state index is 12.1. The van der Waals surface area contributed by atoms with E-state index in [4.69, 9.17) is 9.97 Å². The van der Waals surface area contributed by atoms with Gasteiger partial charge in [-0.1, -0.05) is 13.8 Å². The molecule has 4 aliphatic rings. The monoisotopic (exact) mass is 433 g/mol. The number of carbonyl (C=O) groups excluding carboxylic acids is 1. The molecule has 0 aromatic carbocycles. The molecular weight excluding hydrogens is 398 g/mol. The molecule has 6 heteroatoms. The molecular formula is C26H35N5O. The number of nitrogens with one attached hydrogen (secondary N) is 1. The summed E-state index contributed by atoms with van der Waals surface area (Å²) in [5.74, 6) is 2.90. The molecule has 1 N–H and O–H groups in total. The molecule has 2 aromatic rings. The standard InChI is InChI=1S/C26H35N5O/c1-3-17(4-2)23-14-24(30-25(29-23)18-7-10-27-11-8-18)22-16-31-12-9-20(22)13-21(31)15-28-26(32)19-5-6-19/h7-8,10-11,14,17,19-22H,3-6,9,12-13,15-16H2,1-2H3,(H,28,32)/t20-,21+,22-/m0/s1. The second-order valence-corrected chi connectivity index (χ2v) is 9.85. The SMILES string of the molecule is CCC(CC)c1cc([C@H]2CN3CC[C@H]2C[C@@H]3CNC(=O)C2CC2)nc(-c2ccncc2)n1. The first-order valence-electron chi connectivity index (χ1n) is 12.5. The average molecular weight is 434 g/mol. The van der Waals surface area contributed by atoms with Gasteiger partial charge in [0.05, 0.1) is 0 Å². The van der Waals surface area contributed by atoms with Crippen molar-refractivity contribution in [1.82, 2.24) is 25.2 Å². The van der Waals surface area contributed by atoms with Gasteiger partial charge in [0.1, 0.15) is 0 Å². The zero-order valence-electron chi connectivity index (χ0n) is 19.3. The smallest absolute Gasteiger partial charge is 0.223 e. The summed E-state index contributed by atoms with van der Waals surface area (Å²) in [6.07, 6.45) is 10.3. The zero-order valence-corrected chi connectivity index (χ0v) is 19.3. The van der Waals surface area contributed by atoms with Gasteiger partial charge in [0.25, 0.3) is 0 Å². The second-order valence-electron chi connectivity index (χ2n) is 9.85. The first-order valence-corrected chi connectivity index (χ1v) is 12.5. The summed E-state index contributed by atoms with van der Waals surface area (Å²) in [6, 6.07) is 6.77. The molecule has 4 atom stereocenters. The van der Waals surface area contributed by atoms with Crippen molar-refractivity contribution < 1.29 is 4.79 Å². The predicted molar refractivity (Wildman–Crippen MR) is 125 cm³/mol. The summed E-state index contributed by atoms with van der Waals surface area (Å²) in [5, 5.41) is 3.21. The number of hydrogen-bond donors (Lipinski definition) is 1. The van der Waals surface area contributed by atoms with E-state index in [2.05, 4.69) is 35.1 Å². The van der Waals surface area contributed by atoms with Crippen LogP contribution in [-0.2, 0) is 4.79 Å². The van der Waals surface area contributed by atoms with Crippen molar-refractivity contribution in [3.63, 3.8) is 0 Å². The van der Waals surface area contributed by atoms with Crippen molar-refractivity contribution in [3.05, 3.63) is 42.0 Å². The number of aromatic nitrogens is 3. The van der Waals surface area contributed by atoms with Gasteiger partial charge in [-0.25, -0.2) is 9.97 Å². The lowest BCUT2D eigenvalue weighted by Gasteiger charge is -2.49. The van der Waals surface area contributed by atoms with E-state index in [1.807, 2.05) is 24.5 Å². The molecule has 4 fully saturated rings. The van der Waals surface area contributed by atoms with Crippen LogP contribution in [0.1, 0.15) is 75.6 Å². The van der Waals surface area contributed by atoms with Crippen LogP contribution >= 0.6 is 0 Å². The zero-order chi connectivity index (χ0) is 22.1. The molecule has 1 amide bonds. The van der Waals surface area contributed by atoms with E-state index in [0.29, 0.717) is 23.8 Å². The number of piperidine rings is 3. The third kappa shape index (κ3) is 4.42. The van der Waals surface area contributed by atoms with E-state index in [0.717, 1.165) is 63.1 Å². The number of pyridine rings is 1. The Hall–Kier alpha value is -2.34. The summed E-state index contributed by atoms with van der Waals surface area (Å²) < 4.78 is 0. The van der Waals surface area contributed by atoms with Gasteiger partial charge in [-0.2, -0.15) is 0 Å². The van der Waals surface area contributed by atoms with Crippen LogP contribution < -0.4 is 5.32 Å². The van der Waals surface area contributed by atoms with Crippen LogP contribution in [0.3, 0.4) is 0 Å². The van der Waals surface area contributed by atoms with Crippen LogP contribution in [0, 0.1) is 11.8 Å². The van der Waals surface area contributed by atoms with Crippen LogP contribution in [0.15, 0.2) is 30.6 Å². The fourth-order valence-corrected chi connectivity index (χ4v) is 5.62. The minimum Gasteiger partial charge on any atom is -0.354 e. The summed E-state index contributed by atoms with van der Waals surface area (Å²) in [4.78, 5) is 29.0. The van der Waals surface area contributed by atoms with Crippen molar-refractivity contribution in [1.29, 1.82) is 0 Å². The normalized spacial score (nSPS) is 27.0. The summed E-state index contributed by atoms with van der Waals surface area (Å²) in [6.45, 7) is 7.45. The molecule has 2 aromatic heterocycles. The van der Waals surface area contributed by atoms with Crippen LogP contribution in [-0.4, -0.2) is 51.4 Å². The second kappa shape index (κ2) is 9.26. The van der Waals surface area contributed by atoms with Crippen molar-refractivity contribution in [2.24, 2.45) is 11.8 Å². The molecule has 3 aliphatic heterocycles. The Kier molecular flexibility index (Phi) is 6.22. The molecule has 1 unspecified atom stereocenters. The fourth-order valence-electron chi connectivity index (χ4n) is 5.62. The van der Waals surface area contributed by atoms with E-state index < -0.39 is 0 Å². The van der Waals surface area contributed by atoms with E-state index in [1.54, 1.807) is 0 Å². The van der Waals surface area contributed by atoms with Crippen LogP contribution in [0.2, 0.25) is 0 Å². The van der Waals surface area contributed by atoms with Crippen molar-refractivity contribution in [2.75, 3.05) is 19.6 Å². The molecule has 1 aliphatic carbocycles. The van der Waals surface area contributed by atoms with E-state index in [-0.39, 0.29) is 11.8 Å². The molecule has 0 radical (unpaired) electrons. The highest BCUT2D eigenvalue weighted by Gasteiger charge is 2.42. The maximum atomic E-state index is 12.1. The molecule has 6 nitrogen and oxygen atoms in total. The van der Waals surface area contributed by atoms with Crippen LogP contribution in [0.25, 0.3) is 11.4 Å². The Morgan fingerprint density at radius 1 is 1.16 bits per heavy atom. The number of rotatable bonds is 8. The van der Waals surface area contributed by atoms with Gasteiger partial charge in [-0.15, -0.1) is 0 Å². The number of carbonyl (C=O) groups is 1. The Balaban J connectivity index is 1.38. The Morgan fingerprint density at radius 2 is 1.94 bits per heavy atom. The summed E-state index contributed by atoms with van der Waals surface area (Å²) in [7, 11) is 0. The van der Waals surface area contributed by atoms with Crippen LogP contribution in [0.5, 0.6) is 0 Å². The minimum absolute atomic E-state index is 0.261. The molecule has 170 valence electrons. The first-order chi connectivity index (χ1) is 15.7. The Morgan fingerprint density at radius 3 is 2.59 bits per heavy atom. The average Bonchev–Trinajstić information content (AvgIpc) is 3.70. The van der Waals surface area contributed by atoms with Crippen molar-refractivity contribution in [2.45, 2.75) is 70.3 Å². The number of fused-ring (bicyclic) bond motifs is 3. The molecule has 2 bridgehead atoms. The van der Waals surface area contributed by atoms with E-state index in [9.17, 15) is 4.79 Å². The number of nitrogens with zero attached hydrogens (tertiary/aromatic N) is 4. The molecule has 3 saturated heterocycles. The third-order valence-corrected chi connectivity index (χ3v) is 7.83. The van der Waals surface area contributed by atoms with E-state index in [1.165, 1.54) is 17.8 Å². The number of hydrogen-bond acceptors (Lipinski definition) is 5. The largest absolute Gasteiger partial charge is 0.354 e. The lowest BCUT2D eigenvalue weighted by molar-refractivity contribution is -0.122. The Bertz CT molecular complexity index is 940. The van der Waals surface area contributed by atoms with Gasteiger partial charge < -0.3 is 5.32 Å². The third-order valence-electron chi connectivity index (χ3n) is 7.83. The molecule has 0 spiro atoms. The number of amides is 1. The summed E-state index contributed by atoms with van der Waals surface area (Å²) in [5.41, 5.74) is 3.41. The molecule has 32 heavy (non-hydrogen) atoms. The molecule has 1 saturated carbocycles. The molecule has 5 heterocycles. The van der Waals surface area contributed by atoms with Gasteiger partial charge in [0, 0.05) is 66.2 Å². The highest BCUT2D eigenvalue weighted by Crippen LogP contribution is 2.42. The highest BCUT2D eigenvalue weighted by molar-refractivity contribution is 5.80. The van der Waals surface area contributed by atoms with Gasteiger partial charge in [-0.05, 0) is 69.2 Å². The highest BCUT2D eigenvalue weighted by atomic mass is 16.2. The fraction of sp³-hybridized carbons (Fsp3) is 0.615. The topological polar surface area (TPSA) is 71.0 Å².